The van der Waals surface area contributed by atoms with Gasteiger partial charge in [-0.2, -0.15) is 0 Å². The molecular weight excluding hydrogens is 256 g/mol. The maximum Gasteiger partial charge on any atom is 0.317 e. The van der Waals surface area contributed by atoms with E-state index in [1.54, 1.807) is 0 Å². The van der Waals surface area contributed by atoms with E-state index in [1.807, 2.05) is 4.90 Å². The second-order valence-electron chi connectivity index (χ2n) is 6.45. The molecule has 2 saturated heterocycles. The normalized spacial score (nSPS) is 38.6. The predicted molar refractivity (Wildman–Crippen MR) is 77.8 cm³/mol. The number of hydrogen-bond acceptors (Lipinski definition) is 3. The maximum atomic E-state index is 12.4. The molecule has 4 atom stereocenters. The number of amides is 2. The maximum absolute atomic E-state index is 12.4. The number of ether oxygens (including phenoxy) is 2. The van der Waals surface area contributed by atoms with E-state index in [9.17, 15) is 4.79 Å². The molecule has 2 fully saturated rings. The molecule has 2 aliphatic heterocycles. The second kappa shape index (κ2) is 6.31. The van der Waals surface area contributed by atoms with Gasteiger partial charge in [-0.05, 0) is 40.0 Å². The van der Waals surface area contributed by atoms with E-state index >= 15 is 0 Å². The molecule has 0 aliphatic carbocycles. The zero-order chi connectivity index (χ0) is 14.8. The van der Waals surface area contributed by atoms with Crippen LogP contribution >= 0.6 is 0 Å². The lowest BCUT2D eigenvalue weighted by molar-refractivity contribution is -0.0883. The van der Waals surface area contributed by atoms with E-state index < -0.39 is 0 Å². The zero-order valence-corrected chi connectivity index (χ0v) is 13.1. The first kappa shape index (κ1) is 15.6. The highest BCUT2D eigenvalue weighted by Gasteiger charge is 2.34. The van der Waals surface area contributed by atoms with E-state index in [1.165, 1.54) is 0 Å². The molecule has 2 rings (SSSR count). The highest BCUT2D eigenvalue weighted by atomic mass is 16.5. The average molecular weight is 284 g/mol. The van der Waals surface area contributed by atoms with E-state index in [0.29, 0.717) is 19.7 Å². The molecule has 0 radical (unpaired) electrons. The summed E-state index contributed by atoms with van der Waals surface area (Å²) < 4.78 is 11.5. The molecule has 2 amide bonds. The summed E-state index contributed by atoms with van der Waals surface area (Å²) in [6.07, 6.45) is 3.14. The third-order valence-corrected chi connectivity index (χ3v) is 4.40. The Bertz CT molecular complexity index is 340. The highest BCUT2D eigenvalue weighted by molar-refractivity contribution is 5.74. The first-order valence-electron chi connectivity index (χ1n) is 7.76. The lowest BCUT2D eigenvalue weighted by Crippen LogP contribution is -2.56. The summed E-state index contributed by atoms with van der Waals surface area (Å²) in [6.45, 7) is 10.3. The Kier molecular flexibility index (Phi) is 4.91. The molecule has 1 N–H and O–H groups in total. The fourth-order valence-corrected chi connectivity index (χ4v) is 3.11. The minimum Gasteiger partial charge on any atom is -0.375 e. The Morgan fingerprint density at radius 3 is 2.60 bits per heavy atom. The Morgan fingerprint density at radius 1 is 1.35 bits per heavy atom. The van der Waals surface area contributed by atoms with Gasteiger partial charge in [-0.3, -0.25) is 0 Å². The number of nitrogens with zero attached hydrogens (tertiary/aromatic N) is 1. The number of urea groups is 1. The van der Waals surface area contributed by atoms with Crippen molar-refractivity contribution in [3.63, 3.8) is 0 Å². The van der Waals surface area contributed by atoms with E-state index in [4.69, 9.17) is 9.47 Å². The number of rotatable bonds is 2. The fraction of sp³-hybridized carbons (Fsp3) is 0.933. The van der Waals surface area contributed by atoms with Crippen LogP contribution < -0.4 is 5.32 Å². The highest BCUT2D eigenvalue weighted by Crippen LogP contribution is 2.22. The summed E-state index contributed by atoms with van der Waals surface area (Å²) in [4.78, 5) is 14.3. The van der Waals surface area contributed by atoms with Crippen molar-refractivity contribution in [2.45, 2.75) is 70.8 Å². The quantitative estimate of drug-likeness (QED) is 0.845. The van der Waals surface area contributed by atoms with Crippen LogP contribution in [0.4, 0.5) is 4.79 Å². The molecule has 0 bridgehead atoms. The van der Waals surface area contributed by atoms with Crippen LogP contribution in [-0.2, 0) is 9.47 Å². The van der Waals surface area contributed by atoms with E-state index in [0.717, 1.165) is 19.3 Å². The molecule has 0 aromatic heterocycles. The van der Waals surface area contributed by atoms with Gasteiger partial charge in [0.05, 0.1) is 31.0 Å². The lowest BCUT2D eigenvalue weighted by atomic mass is 9.99. The van der Waals surface area contributed by atoms with Crippen LogP contribution in [0.3, 0.4) is 0 Å². The van der Waals surface area contributed by atoms with Gasteiger partial charge in [0.1, 0.15) is 0 Å². The van der Waals surface area contributed by atoms with Crippen LogP contribution in [0.5, 0.6) is 0 Å². The number of carbonyl (C=O) groups is 1. The molecule has 5 nitrogen and oxygen atoms in total. The molecule has 116 valence electrons. The summed E-state index contributed by atoms with van der Waals surface area (Å²) in [6, 6.07) is 0.260. The Morgan fingerprint density at radius 2 is 2.00 bits per heavy atom. The molecule has 2 heterocycles. The minimum atomic E-state index is -0.203. The van der Waals surface area contributed by atoms with Crippen molar-refractivity contribution in [3.8, 4) is 0 Å². The van der Waals surface area contributed by atoms with Crippen molar-refractivity contribution in [1.29, 1.82) is 0 Å². The van der Waals surface area contributed by atoms with Crippen molar-refractivity contribution >= 4 is 6.03 Å². The Hall–Kier alpha value is -0.810. The SMILES string of the molecule is CC[C@@]1(C)CN(C(=O)NC2C[C@@H](C)O[C@@H](C)C2)CCO1. The standard InChI is InChI=1S/C15H28N2O3/c1-5-15(4)10-17(6-7-19-15)14(18)16-13-8-11(2)20-12(3)9-13/h11-13H,5-10H2,1-4H3,(H,16,18)/t11-,12+,13?,15-/m0/s1. The van der Waals surface area contributed by atoms with Crippen molar-refractivity contribution in [3.05, 3.63) is 0 Å². The topological polar surface area (TPSA) is 50.8 Å². The summed E-state index contributed by atoms with van der Waals surface area (Å²) >= 11 is 0. The Labute approximate surface area is 122 Å². The summed E-state index contributed by atoms with van der Waals surface area (Å²) in [5, 5.41) is 3.16. The molecule has 20 heavy (non-hydrogen) atoms. The summed E-state index contributed by atoms with van der Waals surface area (Å²) in [5.74, 6) is 0. The van der Waals surface area contributed by atoms with Crippen molar-refractivity contribution in [2.24, 2.45) is 0 Å². The monoisotopic (exact) mass is 284 g/mol. The predicted octanol–water partition coefficient (Wildman–Crippen LogP) is 2.15. The van der Waals surface area contributed by atoms with Gasteiger partial charge in [-0.1, -0.05) is 6.92 Å². The van der Waals surface area contributed by atoms with Crippen molar-refractivity contribution in [1.82, 2.24) is 10.2 Å². The lowest BCUT2D eigenvalue weighted by Gasteiger charge is -2.41. The number of nitrogens with one attached hydrogen (secondary N) is 1. The van der Waals surface area contributed by atoms with E-state index in [2.05, 4.69) is 33.0 Å². The third-order valence-electron chi connectivity index (χ3n) is 4.40. The molecule has 0 spiro atoms. The van der Waals surface area contributed by atoms with Gasteiger partial charge >= 0.3 is 6.03 Å². The van der Waals surface area contributed by atoms with Crippen LogP contribution in [0.2, 0.25) is 0 Å². The van der Waals surface area contributed by atoms with Crippen LogP contribution in [0.25, 0.3) is 0 Å². The first-order valence-corrected chi connectivity index (χ1v) is 7.76. The van der Waals surface area contributed by atoms with Crippen molar-refractivity contribution < 1.29 is 14.3 Å². The molecule has 0 aromatic rings. The average Bonchev–Trinajstić information content (AvgIpc) is 2.37. The van der Waals surface area contributed by atoms with E-state index in [-0.39, 0.29) is 29.9 Å². The second-order valence-corrected chi connectivity index (χ2v) is 6.45. The molecular formula is C15H28N2O3. The Balaban J connectivity index is 1.88. The van der Waals surface area contributed by atoms with Gasteiger partial charge in [-0.15, -0.1) is 0 Å². The molecule has 2 aliphatic rings. The minimum absolute atomic E-state index is 0.0410. The van der Waals surface area contributed by atoms with Gasteiger partial charge in [0.15, 0.2) is 0 Å². The summed E-state index contributed by atoms with van der Waals surface area (Å²) in [5.41, 5.74) is -0.203. The van der Waals surface area contributed by atoms with Crippen LogP contribution in [-0.4, -0.2) is 54.5 Å². The number of morpholine rings is 1. The zero-order valence-electron chi connectivity index (χ0n) is 13.1. The molecule has 1 unspecified atom stereocenters. The molecule has 5 heteroatoms. The summed E-state index contributed by atoms with van der Waals surface area (Å²) in [7, 11) is 0. The molecule has 0 aromatic carbocycles. The van der Waals surface area contributed by atoms with Gasteiger partial charge < -0.3 is 19.7 Å². The molecule has 0 saturated carbocycles. The van der Waals surface area contributed by atoms with Gasteiger partial charge in [0, 0.05) is 12.6 Å². The van der Waals surface area contributed by atoms with Gasteiger partial charge in [0.25, 0.3) is 0 Å². The smallest absolute Gasteiger partial charge is 0.317 e. The third kappa shape index (κ3) is 3.85. The van der Waals surface area contributed by atoms with Crippen LogP contribution in [0, 0.1) is 0 Å². The number of carbonyl (C=O) groups excluding carboxylic acids is 1. The number of hydrogen-bond donors (Lipinski definition) is 1. The first-order chi connectivity index (χ1) is 9.42. The van der Waals surface area contributed by atoms with Gasteiger partial charge in [0.2, 0.25) is 0 Å². The van der Waals surface area contributed by atoms with Gasteiger partial charge in [-0.25, -0.2) is 4.79 Å². The van der Waals surface area contributed by atoms with Crippen LogP contribution in [0.1, 0.15) is 47.0 Å². The van der Waals surface area contributed by atoms with Crippen LogP contribution in [0.15, 0.2) is 0 Å². The largest absolute Gasteiger partial charge is 0.375 e. The fourth-order valence-electron chi connectivity index (χ4n) is 3.11. The van der Waals surface area contributed by atoms with Crippen molar-refractivity contribution in [2.75, 3.05) is 19.7 Å².